The normalized spacial score (nSPS) is 11.1. The van der Waals surface area contributed by atoms with Crippen LogP contribution in [0.3, 0.4) is 0 Å². The maximum absolute atomic E-state index is 11.3. The summed E-state index contributed by atoms with van der Waals surface area (Å²) >= 11 is 0. The van der Waals surface area contributed by atoms with Crippen LogP contribution in [0.5, 0.6) is 0 Å². The van der Waals surface area contributed by atoms with Crippen molar-refractivity contribution in [1.29, 1.82) is 0 Å². The summed E-state index contributed by atoms with van der Waals surface area (Å²) in [5.74, 6) is 0. The predicted octanol–water partition coefficient (Wildman–Crippen LogP) is 1.96. The molecule has 1 N–H and O–H groups in total. The summed E-state index contributed by atoms with van der Waals surface area (Å²) in [6, 6.07) is 7.49. The first kappa shape index (κ1) is 11.6. The maximum Gasteiger partial charge on any atom is 0.264 e. The van der Waals surface area contributed by atoms with Gasteiger partial charge in [-0.05, 0) is 31.0 Å². The fourth-order valence-corrected chi connectivity index (χ4v) is 2.30. The monoisotopic (exact) mass is 254 g/mol. The molecule has 0 bridgehead atoms. The Kier molecular flexibility index (Phi) is 2.67. The highest BCUT2D eigenvalue weighted by atomic mass is 16.1. The Morgan fingerprint density at radius 1 is 1.37 bits per heavy atom. The van der Waals surface area contributed by atoms with Gasteiger partial charge >= 0.3 is 0 Å². The van der Waals surface area contributed by atoms with Crippen LogP contribution in [0.1, 0.15) is 18.2 Å². The van der Waals surface area contributed by atoms with Gasteiger partial charge in [0.05, 0.1) is 22.5 Å². The lowest BCUT2D eigenvalue weighted by Crippen LogP contribution is -2.08. The van der Waals surface area contributed by atoms with Gasteiger partial charge in [-0.15, -0.1) is 0 Å². The average molecular weight is 254 g/mol. The van der Waals surface area contributed by atoms with Crippen molar-refractivity contribution < 1.29 is 0 Å². The molecule has 0 aliphatic rings. The number of aryl methyl sites for hydroxylation is 2. The average Bonchev–Trinajstić information content (AvgIpc) is 2.77. The Bertz CT molecular complexity index is 801. The molecule has 19 heavy (non-hydrogen) atoms. The van der Waals surface area contributed by atoms with E-state index in [9.17, 15) is 4.79 Å². The third-order valence-electron chi connectivity index (χ3n) is 3.18. The van der Waals surface area contributed by atoms with E-state index in [1.807, 2.05) is 35.8 Å². The number of fused-ring (bicyclic) bond motifs is 1. The van der Waals surface area contributed by atoms with Crippen molar-refractivity contribution in [1.82, 2.24) is 19.8 Å². The second-order valence-electron chi connectivity index (χ2n) is 4.47. The van der Waals surface area contributed by atoms with E-state index in [-0.39, 0.29) is 5.56 Å². The zero-order valence-electron chi connectivity index (χ0n) is 10.8. The van der Waals surface area contributed by atoms with Crippen LogP contribution >= 0.6 is 0 Å². The van der Waals surface area contributed by atoms with Gasteiger partial charge in [0.15, 0.2) is 0 Å². The molecule has 5 nitrogen and oxygen atoms in total. The molecule has 0 fully saturated rings. The molecule has 3 aromatic heterocycles. The first-order valence-corrected chi connectivity index (χ1v) is 6.23. The fraction of sp³-hybridized carbons (Fsp3) is 0.214. The van der Waals surface area contributed by atoms with Crippen molar-refractivity contribution in [2.45, 2.75) is 20.3 Å². The molecule has 0 aromatic carbocycles. The van der Waals surface area contributed by atoms with Crippen LogP contribution in [-0.4, -0.2) is 19.8 Å². The Hall–Kier alpha value is -2.43. The first-order valence-electron chi connectivity index (χ1n) is 6.23. The van der Waals surface area contributed by atoms with Gasteiger partial charge in [0.2, 0.25) is 0 Å². The topological polar surface area (TPSA) is 63.1 Å². The zero-order valence-corrected chi connectivity index (χ0v) is 10.8. The zero-order chi connectivity index (χ0) is 13.4. The Labute approximate surface area is 109 Å². The molecule has 0 aliphatic heterocycles. The van der Waals surface area contributed by atoms with E-state index in [1.54, 1.807) is 6.07 Å². The molecule has 3 rings (SSSR count). The largest absolute Gasteiger partial charge is 0.268 e. The molecule has 0 amide bonds. The summed E-state index contributed by atoms with van der Waals surface area (Å²) in [7, 11) is 0. The van der Waals surface area contributed by atoms with Gasteiger partial charge in [0.25, 0.3) is 5.56 Å². The van der Waals surface area contributed by atoms with Gasteiger partial charge in [0, 0.05) is 12.3 Å². The molecule has 0 saturated carbocycles. The van der Waals surface area contributed by atoms with Crippen molar-refractivity contribution in [2.75, 3.05) is 0 Å². The third-order valence-corrected chi connectivity index (χ3v) is 3.18. The van der Waals surface area contributed by atoms with Gasteiger partial charge in [-0.2, -0.15) is 10.2 Å². The lowest BCUT2D eigenvalue weighted by Gasteiger charge is -2.03. The lowest BCUT2D eigenvalue weighted by atomic mass is 10.0. The first-order chi connectivity index (χ1) is 9.20. The highest BCUT2D eigenvalue weighted by molar-refractivity contribution is 5.81. The molecule has 3 heterocycles. The van der Waals surface area contributed by atoms with Crippen LogP contribution in [0.2, 0.25) is 0 Å². The van der Waals surface area contributed by atoms with Gasteiger partial charge in [0.1, 0.15) is 0 Å². The molecule has 0 spiro atoms. The summed E-state index contributed by atoms with van der Waals surface area (Å²) in [4.78, 5) is 11.3. The summed E-state index contributed by atoms with van der Waals surface area (Å²) < 4.78 is 1.85. The molecule has 0 unspecified atom stereocenters. The minimum absolute atomic E-state index is 0.184. The molecular weight excluding hydrogens is 240 g/mol. The second-order valence-corrected chi connectivity index (χ2v) is 4.47. The molecule has 96 valence electrons. The van der Waals surface area contributed by atoms with Crippen molar-refractivity contribution in [2.24, 2.45) is 0 Å². The number of hydrogen-bond acceptors (Lipinski definition) is 3. The van der Waals surface area contributed by atoms with E-state index in [4.69, 9.17) is 0 Å². The highest BCUT2D eigenvalue weighted by Gasteiger charge is 2.16. The van der Waals surface area contributed by atoms with Gasteiger partial charge in [-0.25, -0.2) is 9.61 Å². The van der Waals surface area contributed by atoms with E-state index < -0.39 is 0 Å². The van der Waals surface area contributed by atoms with Crippen molar-refractivity contribution in [3.05, 3.63) is 52.1 Å². The van der Waals surface area contributed by atoms with Gasteiger partial charge < -0.3 is 0 Å². The molecule has 0 radical (unpaired) electrons. The quantitative estimate of drug-likeness (QED) is 0.760. The Morgan fingerprint density at radius 3 is 2.95 bits per heavy atom. The predicted molar refractivity (Wildman–Crippen MR) is 73.2 cm³/mol. The summed E-state index contributed by atoms with van der Waals surface area (Å²) in [6.45, 7) is 3.95. The Morgan fingerprint density at radius 2 is 2.21 bits per heavy atom. The summed E-state index contributed by atoms with van der Waals surface area (Å²) in [6.07, 6.45) is 2.73. The van der Waals surface area contributed by atoms with Crippen LogP contribution in [0.25, 0.3) is 16.8 Å². The summed E-state index contributed by atoms with van der Waals surface area (Å²) in [5.41, 5.74) is 4.44. The van der Waals surface area contributed by atoms with Crippen molar-refractivity contribution in [3.8, 4) is 11.3 Å². The lowest BCUT2D eigenvalue weighted by molar-refractivity contribution is 0.897. The minimum atomic E-state index is -0.184. The van der Waals surface area contributed by atoms with E-state index in [1.165, 1.54) is 0 Å². The van der Waals surface area contributed by atoms with Gasteiger partial charge in [-0.1, -0.05) is 13.0 Å². The number of rotatable bonds is 2. The third kappa shape index (κ3) is 1.83. The van der Waals surface area contributed by atoms with Crippen LogP contribution in [0.15, 0.2) is 35.3 Å². The van der Waals surface area contributed by atoms with Crippen LogP contribution in [0, 0.1) is 6.92 Å². The number of pyridine rings is 1. The minimum Gasteiger partial charge on any atom is -0.268 e. The molecule has 0 saturated heterocycles. The maximum atomic E-state index is 11.3. The standard InChI is InChI=1S/C14H14N4O/c1-3-10-13(11-6-4-5-7-18(11)17-10)14-9(2)8-12(19)15-16-14/h4-8H,3H2,1-2H3,(H,15,19). The SMILES string of the molecule is CCc1nn2ccccc2c1-c1n[nH]c(=O)cc1C. The van der Waals surface area contributed by atoms with E-state index in [0.717, 1.165) is 34.5 Å². The second kappa shape index (κ2) is 4.35. The molecular formula is C14H14N4O. The van der Waals surface area contributed by atoms with E-state index in [0.29, 0.717) is 0 Å². The van der Waals surface area contributed by atoms with E-state index >= 15 is 0 Å². The number of nitrogens with one attached hydrogen (secondary N) is 1. The molecule has 0 atom stereocenters. The van der Waals surface area contributed by atoms with Crippen LogP contribution in [-0.2, 0) is 6.42 Å². The fourth-order valence-electron chi connectivity index (χ4n) is 2.30. The van der Waals surface area contributed by atoms with Crippen molar-refractivity contribution in [3.63, 3.8) is 0 Å². The number of aromatic amines is 1. The number of nitrogens with zero attached hydrogens (tertiary/aromatic N) is 3. The number of aromatic nitrogens is 4. The van der Waals surface area contributed by atoms with E-state index in [2.05, 4.69) is 22.2 Å². The molecule has 0 aliphatic carbocycles. The van der Waals surface area contributed by atoms with Crippen molar-refractivity contribution >= 4 is 5.52 Å². The molecule has 5 heteroatoms. The summed E-state index contributed by atoms with van der Waals surface area (Å²) in [5, 5.41) is 11.2. The van der Waals surface area contributed by atoms with Gasteiger partial charge in [-0.3, -0.25) is 4.79 Å². The van der Waals surface area contributed by atoms with Crippen LogP contribution in [0.4, 0.5) is 0 Å². The highest BCUT2D eigenvalue weighted by Crippen LogP contribution is 2.28. The van der Waals surface area contributed by atoms with Crippen LogP contribution < -0.4 is 5.56 Å². The number of hydrogen-bond donors (Lipinski definition) is 1. The Balaban J connectivity index is 2.37. The smallest absolute Gasteiger partial charge is 0.264 e. The number of H-pyrrole nitrogens is 1. The molecule has 3 aromatic rings.